The van der Waals surface area contributed by atoms with E-state index in [9.17, 15) is 18.0 Å². The predicted octanol–water partition coefficient (Wildman–Crippen LogP) is 7.67. The Hall–Kier alpha value is -3.37. The number of nitrogens with one attached hydrogen (secondary N) is 1. The van der Waals surface area contributed by atoms with Crippen molar-refractivity contribution in [1.29, 1.82) is 0 Å². The molecule has 0 heterocycles. The first-order valence-corrected chi connectivity index (χ1v) is 17.7. The van der Waals surface area contributed by atoms with Gasteiger partial charge in [-0.1, -0.05) is 113 Å². The van der Waals surface area contributed by atoms with E-state index in [0.717, 1.165) is 15.4 Å². The molecule has 0 fully saturated rings. The molecule has 0 radical (unpaired) electrons. The number of carbonyl (C=O) groups excluding carboxylic acids is 2. The first kappa shape index (κ1) is 35.5. The van der Waals surface area contributed by atoms with Gasteiger partial charge in [-0.05, 0) is 66.4 Å². The van der Waals surface area contributed by atoms with Crippen LogP contribution in [0.4, 0.5) is 5.69 Å². The molecule has 0 aliphatic heterocycles. The topological polar surface area (TPSA) is 86.8 Å². The number of anilines is 1. The van der Waals surface area contributed by atoms with E-state index >= 15 is 0 Å². The molecule has 4 aromatic carbocycles. The summed E-state index contributed by atoms with van der Waals surface area (Å²) in [7, 11) is -4.20. The molecule has 0 saturated heterocycles. The lowest BCUT2D eigenvalue weighted by atomic mass is 10.0. The summed E-state index contributed by atoms with van der Waals surface area (Å²) in [6.07, 6.45) is 0.208. The maximum atomic E-state index is 14.5. The van der Waals surface area contributed by atoms with Crippen molar-refractivity contribution in [2.24, 2.45) is 5.92 Å². The highest BCUT2D eigenvalue weighted by atomic mass is 79.9. The molecule has 0 spiro atoms. The lowest BCUT2D eigenvalue weighted by molar-refractivity contribution is -0.140. The number of hydrogen-bond donors (Lipinski definition) is 1. The van der Waals surface area contributed by atoms with Crippen LogP contribution in [0.15, 0.2) is 106 Å². The number of halogens is 3. The van der Waals surface area contributed by atoms with E-state index in [2.05, 4.69) is 21.2 Å². The van der Waals surface area contributed by atoms with Gasteiger partial charge in [-0.3, -0.25) is 13.9 Å². The van der Waals surface area contributed by atoms with Gasteiger partial charge >= 0.3 is 0 Å². The molecule has 0 aliphatic carbocycles. The molecule has 11 heteroatoms. The van der Waals surface area contributed by atoms with Crippen molar-refractivity contribution in [3.05, 3.63) is 128 Å². The SMILES string of the molecule is Cc1ccc(S(=O)(=O)N(CC(=O)N(Cc2ccc(Cl)c(Cl)c2)[C@@H](Cc2ccccc2)C(=O)NCC(C)C)c2cccc(Br)c2)cc1. The van der Waals surface area contributed by atoms with Gasteiger partial charge in [0.05, 0.1) is 20.6 Å². The Kier molecular flexibility index (Phi) is 12.3. The van der Waals surface area contributed by atoms with Gasteiger partial charge < -0.3 is 10.2 Å². The van der Waals surface area contributed by atoms with Gasteiger partial charge in [-0.25, -0.2) is 8.42 Å². The maximum absolute atomic E-state index is 14.5. The number of benzene rings is 4. The fourth-order valence-electron chi connectivity index (χ4n) is 4.81. The Labute approximate surface area is 289 Å². The van der Waals surface area contributed by atoms with Gasteiger partial charge in [0.15, 0.2) is 0 Å². The lowest BCUT2D eigenvalue weighted by Gasteiger charge is -2.34. The summed E-state index contributed by atoms with van der Waals surface area (Å²) in [4.78, 5) is 29.9. The van der Waals surface area contributed by atoms with Crippen LogP contribution in [0.3, 0.4) is 0 Å². The smallest absolute Gasteiger partial charge is 0.264 e. The van der Waals surface area contributed by atoms with Crippen LogP contribution in [0.2, 0.25) is 10.0 Å². The van der Waals surface area contributed by atoms with Crippen molar-refractivity contribution in [3.63, 3.8) is 0 Å². The number of carbonyl (C=O) groups is 2. The van der Waals surface area contributed by atoms with Crippen LogP contribution in [-0.2, 0) is 32.6 Å². The zero-order chi connectivity index (χ0) is 33.4. The Morgan fingerprint density at radius 3 is 2.17 bits per heavy atom. The van der Waals surface area contributed by atoms with Crippen molar-refractivity contribution >= 4 is 66.7 Å². The summed E-state index contributed by atoms with van der Waals surface area (Å²) < 4.78 is 30.0. The Morgan fingerprint density at radius 1 is 0.848 bits per heavy atom. The van der Waals surface area contributed by atoms with Gasteiger partial charge in [-0.15, -0.1) is 0 Å². The number of nitrogens with zero attached hydrogens (tertiary/aromatic N) is 2. The van der Waals surface area contributed by atoms with E-state index in [1.807, 2.05) is 51.1 Å². The van der Waals surface area contributed by atoms with E-state index in [0.29, 0.717) is 32.3 Å². The molecule has 0 bridgehead atoms. The fraction of sp³-hybridized carbons (Fsp3) is 0.257. The van der Waals surface area contributed by atoms with Crippen molar-refractivity contribution in [2.45, 2.75) is 44.7 Å². The monoisotopic (exact) mass is 743 g/mol. The third kappa shape index (κ3) is 9.35. The number of aryl methyl sites for hydroxylation is 1. The predicted molar refractivity (Wildman–Crippen MR) is 189 cm³/mol. The van der Waals surface area contributed by atoms with Crippen LogP contribution in [0.25, 0.3) is 0 Å². The molecule has 0 aliphatic rings. The summed E-state index contributed by atoms with van der Waals surface area (Å²) in [5, 5.41) is 3.63. The number of sulfonamides is 1. The van der Waals surface area contributed by atoms with Gasteiger partial charge in [0.2, 0.25) is 11.8 Å². The third-order valence-electron chi connectivity index (χ3n) is 7.28. The second-order valence-corrected chi connectivity index (χ2v) is 15.0. The number of hydrogen-bond acceptors (Lipinski definition) is 4. The minimum absolute atomic E-state index is 0.0147. The van der Waals surface area contributed by atoms with Crippen LogP contribution >= 0.6 is 39.1 Å². The Balaban J connectivity index is 1.81. The molecule has 4 rings (SSSR count). The van der Waals surface area contributed by atoms with E-state index < -0.39 is 28.5 Å². The first-order valence-electron chi connectivity index (χ1n) is 14.7. The van der Waals surface area contributed by atoms with Crippen molar-refractivity contribution < 1.29 is 18.0 Å². The normalized spacial score (nSPS) is 12.1. The number of amides is 2. The van der Waals surface area contributed by atoms with Crippen LogP contribution < -0.4 is 9.62 Å². The molecule has 46 heavy (non-hydrogen) atoms. The lowest BCUT2D eigenvalue weighted by Crippen LogP contribution is -2.53. The average molecular weight is 746 g/mol. The maximum Gasteiger partial charge on any atom is 0.264 e. The number of rotatable bonds is 13. The van der Waals surface area contributed by atoms with Gasteiger partial charge in [-0.2, -0.15) is 0 Å². The second kappa shape index (κ2) is 16.0. The quantitative estimate of drug-likeness (QED) is 0.152. The van der Waals surface area contributed by atoms with E-state index in [-0.39, 0.29) is 29.7 Å². The van der Waals surface area contributed by atoms with Crippen LogP contribution in [0.5, 0.6) is 0 Å². The minimum atomic E-state index is -4.20. The molecule has 7 nitrogen and oxygen atoms in total. The Bertz CT molecular complexity index is 1770. The summed E-state index contributed by atoms with van der Waals surface area (Å²) in [5.41, 5.74) is 2.66. The average Bonchev–Trinajstić information content (AvgIpc) is 3.02. The second-order valence-electron chi connectivity index (χ2n) is 11.4. The summed E-state index contributed by atoms with van der Waals surface area (Å²) in [6, 6.07) is 26.6. The van der Waals surface area contributed by atoms with Crippen molar-refractivity contribution in [2.75, 3.05) is 17.4 Å². The van der Waals surface area contributed by atoms with E-state index in [1.54, 1.807) is 54.6 Å². The molecule has 1 N–H and O–H groups in total. The zero-order valence-corrected chi connectivity index (χ0v) is 29.7. The highest BCUT2D eigenvalue weighted by Crippen LogP contribution is 2.28. The summed E-state index contributed by atoms with van der Waals surface area (Å²) in [5.74, 6) is -0.740. The standard InChI is InChI=1S/C35H36BrCl2N3O4S/c1-24(2)21-39-35(43)33(19-26-8-5-4-6-9-26)40(22-27-14-17-31(37)32(38)18-27)34(42)23-41(29-11-7-10-28(36)20-29)46(44,45)30-15-12-25(3)13-16-30/h4-18,20,24,33H,19,21-23H2,1-3H3,(H,39,43)/t33-/m0/s1. The van der Waals surface area contributed by atoms with Gasteiger partial charge in [0, 0.05) is 24.0 Å². The highest BCUT2D eigenvalue weighted by Gasteiger charge is 2.34. The van der Waals surface area contributed by atoms with E-state index in [4.69, 9.17) is 23.2 Å². The molecule has 0 aromatic heterocycles. The minimum Gasteiger partial charge on any atom is -0.354 e. The van der Waals surface area contributed by atoms with Crippen LogP contribution in [0, 0.1) is 12.8 Å². The Morgan fingerprint density at radius 2 is 1.54 bits per heavy atom. The highest BCUT2D eigenvalue weighted by molar-refractivity contribution is 9.10. The largest absolute Gasteiger partial charge is 0.354 e. The van der Waals surface area contributed by atoms with Gasteiger partial charge in [0.1, 0.15) is 12.6 Å². The summed E-state index contributed by atoms with van der Waals surface area (Å²) >= 11 is 16.0. The van der Waals surface area contributed by atoms with Crippen molar-refractivity contribution in [3.8, 4) is 0 Å². The zero-order valence-electron chi connectivity index (χ0n) is 25.8. The molecular weight excluding hydrogens is 709 g/mol. The van der Waals surface area contributed by atoms with E-state index in [1.165, 1.54) is 17.0 Å². The fourth-order valence-corrected chi connectivity index (χ4v) is 6.92. The molecule has 1 atom stereocenters. The molecule has 2 amide bonds. The molecule has 0 saturated carbocycles. The van der Waals surface area contributed by atoms with Crippen LogP contribution in [-0.4, -0.2) is 44.3 Å². The summed E-state index contributed by atoms with van der Waals surface area (Å²) in [6.45, 7) is 5.67. The molecule has 4 aromatic rings. The van der Waals surface area contributed by atoms with Crippen LogP contribution in [0.1, 0.15) is 30.5 Å². The molecule has 242 valence electrons. The molecule has 0 unspecified atom stereocenters. The van der Waals surface area contributed by atoms with Crippen molar-refractivity contribution in [1.82, 2.24) is 10.2 Å². The third-order valence-corrected chi connectivity index (χ3v) is 10.3. The first-order chi connectivity index (χ1) is 21.8. The molecular formula is C35H36BrCl2N3O4S. The van der Waals surface area contributed by atoms with Gasteiger partial charge in [0.25, 0.3) is 10.0 Å².